The highest BCUT2D eigenvalue weighted by atomic mass is 35.5. The number of nitrogens with one attached hydrogen (secondary N) is 2. The van der Waals surface area contributed by atoms with Crippen molar-refractivity contribution in [3.63, 3.8) is 0 Å². The Morgan fingerprint density at radius 3 is 2.43 bits per heavy atom. The normalized spacial score (nSPS) is 11.6. The second kappa shape index (κ2) is 9.65. The second-order valence-corrected chi connectivity index (χ2v) is 7.69. The van der Waals surface area contributed by atoms with Gasteiger partial charge in [0.2, 0.25) is 5.91 Å². The summed E-state index contributed by atoms with van der Waals surface area (Å²) in [4.78, 5) is 25.8. The van der Waals surface area contributed by atoms with Gasteiger partial charge in [-0.1, -0.05) is 59.6 Å². The van der Waals surface area contributed by atoms with Crippen LogP contribution in [0.5, 0.6) is 5.75 Å². The number of anilines is 1. The van der Waals surface area contributed by atoms with Crippen molar-refractivity contribution in [2.45, 2.75) is 19.4 Å². The van der Waals surface area contributed by atoms with Gasteiger partial charge >= 0.3 is 0 Å². The van der Waals surface area contributed by atoms with E-state index < -0.39 is 17.9 Å². The van der Waals surface area contributed by atoms with Crippen molar-refractivity contribution in [2.24, 2.45) is 0 Å². The van der Waals surface area contributed by atoms with E-state index in [1.165, 1.54) is 18.2 Å². The van der Waals surface area contributed by atoms with E-state index in [2.05, 4.69) is 10.6 Å². The lowest BCUT2D eigenvalue weighted by Crippen LogP contribution is -2.45. The molecule has 0 fully saturated rings. The highest BCUT2D eigenvalue weighted by molar-refractivity contribution is 6.33. The van der Waals surface area contributed by atoms with Crippen LogP contribution < -0.4 is 10.6 Å². The topological polar surface area (TPSA) is 78.4 Å². The van der Waals surface area contributed by atoms with Crippen LogP contribution in [-0.2, 0) is 11.2 Å². The van der Waals surface area contributed by atoms with Gasteiger partial charge in [0, 0.05) is 11.4 Å². The first kappa shape index (κ1) is 21.7. The molecule has 7 heteroatoms. The first-order valence-corrected chi connectivity index (χ1v) is 9.99. The lowest BCUT2D eigenvalue weighted by molar-refractivity contribution is -0.118. The van der Waals surface area contributed by atoms with E-state index in [1.54, 1.807) is 12.1 Å². The summed E-state index contributed by atoms with van der Waals surface area (Å²) in [6, 6.07) is 17.8. The molecule has 3 aromatic rings. The summed E-state index contributed by atoms with van der Waals surface area (Å²) in [6.07, 6.45) is 0.253. The Morgan fingerprint density at radius 1 is 1.00 bits per heavy atom. The highest BCUT2D eigenvalue weighted by Crippen LogP contribution is 2.24. The molecule has 0 aromatic heterocycles. The summed E-state index contributed by atoms with van der Waals surface area (Å²) in [5.41, 5.74) is 2.26. The Kier molecular flexibility index (Phi) is 6.98. The van der Waals surface area contributed by atoms with Crippen LogP contribution in [0, 0.1) is 6.92 Å². The molecule has 0 saturated carbocycles. The summed E-state index contributed by atoms with van der Waals surface area (Å²) in [7, 11) is 0. The average molecular weight is 443 g/mol. The molecule has 3 N–H and O–H groups in total. The third kappa shape index (κ3) is 5.53. The van der Waals surface area contributed by atoms with Gasteiger partial charge in [0.25, 0.3) is 5.91 Å². The molecule has 0 aliphatic carbocycles. The number of aryl methyl sites for hydroxylation is 1. The maximum atomic E-state index is 13.0. The number of carbonyl (C=O) groups is 2. The number of hydrogen-bond donors (Lipinski definition) is 3. The van der Waals surface area contributed by atoms with Gasteiger partial charge in [-0.05, 0) is 48.4 Å². The Hall–Kier alpha value is -3.02. The molecular formula is C23H20Cl2N2O3. The number of benzene rings is 3. The average Bonchev–Trinajstić information content (AvgIpc) is 2.72. The number of hydrogen-bond acceptors (Lipinski definition) is 3. The van der Waals surface area contributed by atoms with Gasteiger partial charge in [-0.3, -0.25) is 9.59 Å². The highest BCUT2D eigenvalue weighted by Gasteiger charge is 2.24. The van der Waals surface area contributed by atoms with Crippen LogP contribution in [-0.4, -0.2) is 23.0 Å². The van der Waals surface area contributed by atoms with Crippen molar-refractivity contribution in [1.82, 2.24) is 5.32 Å². The smallest absolute Gasteiger partial charge is 0.255 e. The number of phenols is 1. The molecule has 0 aliphatic rings. The molecule has 0 aliphatic heterocycles. The first-order valence-electron chi connectivity index (χ1n) is 9.24. The van der Waals surface area contributed by atoms with E-state index in [9.17, 15) is 14.7 Å². The van der Waals surface area contributed by atoms with E-state index in [0.717, 1.165) is 11.1 Å². The fourth-order valence-electron chi connectivity index (χ4n) is 2.93. The molecule has 0 radical (unpaired) electrons. The van der Waals surface area contributed by atoms with E-state index in [4.69, 9.17) is 23.2 Å². The maximum Gasteiger partial charge on any atom is 0.255 e. The fourth-order valence-corrected chi connectivity index (χ4v) is 3.38. The molecule has 0 unspecified atom stereocenters. The van der Waals surface area contributed by atoms with Crippen molar-refractivity contribution in [2.75, 3.05) is 5.32 Å². The van der Waals surface area contributed by atoms with Gasteiger partial charge in [-0.2, -0.15) is 0 Å². The summed E-state index contributed by atoms with van der Waals surface area (Å²) in [5, 5.41) is 16.2. The molecule has 1 atom stereocenters. The Bertz CT molecular complexity index is 1070. The van der Waals surface area contributed by atoms with Crippen molar-refractivity contribution >= 4 is 40.7 Å². The van der Waals surface area contributed by atoms with Crippen LogP contribution in [0.3, 0.4) is 0 Å². The van der Waals surface area contributed by atoms with Crippen LogP contribution in [0.1, 0.15) is 21.5 Å². The largest absolute Gasteiger partial charge is 0.507 e. The van der Waals surface area contributed by atoms with Gasteiger partial charge in [0.1, 0.15) is 11.8 Å². The lowest BCUT2D eigenvalue weighted by atomic mass is 10.0. The number of halogens is 2. The summed E-state index contributed by atoms with van der Waals surface area (Å²) < 4.78 is 0. The summed E-state index contributed by atoms with van der Waals surface area (Å²) in [5.74, 6) is -1.27. The van der Waals surface area contributed by atoms with Gasteiger partial charge in [0.15, 0.2) is 0 Å². The van der Waals surface area contributed by atoms with Crippen LogP contribution in [0.15, 0.2) is 66.7 Å². The predicted molar refractivity (Wildman–Crippen MR) is 119 cm³/mol. The third-order valence-corrected chi connectivity index (χ3v) is 5.04. The molecule has 0 bridgehead atoms. The van der Waals surface area contributed by atoms with Crippen LogP contribution in [0.25, 0.3) is 0 Å². The standard InChI is InChI=1S/C23H20Cl2N2O3/c1-14-7-9-19(18(25)11-14)26-23(30)20(12-15-5-3-2-4-6-15)27-22(29)17-13-16(24)8-10-21(17)28/h2-11,13,20,28H,12H2,1H3,(H,26,30)(H,27,29)/t20-/m1/s1. The van der Waals surface area contributed by atoms with Crippen molar-refractivity contribution in [3.05, 3.63) is 93.5 Å². The fraction of sp³-hybridized carbons (Fsp3) is 0.130. The van der Waals surface area contributed by atoms with Gasteiger partial charge in [-0.25, -0.2) is 0 Å². The van der Waals surface area contributed by atoms with E-state index in [1.807, 2.05) is 43.3 Å². The molecule has 30 heavy (non-hydrogen) atoms. The molecule has 0 spiro atoms. The molecular weight excluding hydrogens is 423 g/mol. The molecule has 2 amide bonds. The Balaban J connectivity index is 1.84. The monoisotopic (exact) mass is 442 g/mol. The van der Waals surface area contributed by atoms with Crippen LogP contribution in [0.4, 0.5) is 5.69 Å². The minimum atomic E-state index is -0.907. The number of aromatic hydroxyl groups is 1. The van der Waals surface area contributed by atoms with E-state index in [-0.39, 0.29) is 17.7 Å². The predicted octanol–water partition coefficient (Wildman–Crippen LogP) is 4.99. The summed E-state index contributed by atoms with van der Waals surface area (Å²) >= 11 is 12.2. The second-order valence-electron chi connectivity index (χ2n) is 6.85. The van der Waals surface area contributed by atoms with Crippen molar-refractivity contribution in [3.8, 4) is 5.75 Å². The minimum absolute atomic E-state index is 0.0123. The molecule has 3 rings (SSSR count). The third-order valence-electron chi connectivity index (χ3n) is 4.49. The summed E-state index contributed by atoms with van der Waals surface area (Å²) in [6.45, 7) is 1.90. The zero-order valence-electron chi connectivity index (χ0n) is 16.2. The number of carbonyl (C=O) groups excluding carboxylic acids is 2. The zero-order chi connectivity index (χ0) is 21.7. The molecule has 5 nitrogen and oxygen atoms in total. The number of rotatable bonds is 6. The van der Waals surface area contributed by atoms with E-state index >= 15 is 0 Å². The Morgan fingerprint density at radius 2 is 1.73 bits per heavy atom. The van der Waals surface area contributed by atoms with Crippen molar-refractivity contribution in [1.29, 1.82) is 0 Å². The molecule has 154 valence electrons. The zero-order valence-corrected chi connectivity index (χ0v) is 17.7. The van der Waals surface area contributed by atoms with Gasteiger partial charge < -0.3 is 15.7 Å². The van der Waals surface area contributed by atoms with Crippen LogP contribution >= 0.6 is 23.2 Å². The maximum absolute atomic E-state index is 13.0. The Labute approximate surface area is 184 Å². The molecule has 0 saturated heterocycles. The molecule has 3 aromatic carbocycles. The van der Waals surface area contributed by atoms with Crippen molar-refractivity contribution < 1.29 is 14.7 Å². The first-order chi connectivity index (χ1) is 14.3. The van der Waals surface area contributed by atoms with E-state index in [0.29, 0.717) is 15.7 Å². The lowest BCUT2D eigenvalue weighted by Gasteiger charge is -2.20. The van der Waals surface area contributed by atoms with Gasteiger partial charge in [-0.15, -0.1) is 0 Å². The number of amides is 2. The SMILES string of the molecule is Cc1ccc(NC(=O)[C@@H](Cc2ccccc2)NC(=O)c2cc(Cl)ccc2O)c(Cl)c1. The van der Waals surface area contributed by atoms with Crippen LogP contribution in [0.2, 0.25) is 10.0 Å². The quantitative estimate of drug-likeness (QED) is 0.503. The van der Waals surface area contributed by atoms with Gasteiger partial charge in [0.05, 0.1) is 16.3 Å². The minimum Gasteiger partial charge on any atom is -0.507 e. The molecule has 0 heterocycles. The number of phenolic OH excluding ortho intramolecular Hbond substituents is 1.